The van der Waals surface area contributed by atoms with E-state index in [2.05, 4.69) is 56.2 Å². The van der Waals surface area contributed by atoms with Crippen LogP contribution in [0.4, 0.5) is 0 Å². The van der Waals surface area contributed by atoms with Crippen molar-refractivity contribution in [3.8, 4) is 0 Å². The fraction of sp³-hybridized carbons (Fsp3) is 0.667. The standard InChI is InChI=1S/C18H30N2/c1-5-8-19-18(13-20(4)12-16-6-7-16)17-10-14(2)9-15(3)11-17/h9-11,16,18-19H,5-8,12-13H2,1-4H3. The number of nitrogens with zero attached hydrogens (tertiary/aromatic N) is 1. The lowest BCUT2D eigenvalue weighted by Gasteiger charge is -2.26. The van der Waals surface area contributed by atoms with Gasteiger partial charge in [0, 0.05) is 19.1 Å². The van der Waals surface area contributed by atoms with Gasteiger partial charge in [-0.3, -0.25) is 0 Å². The van der Waals surface area contributed by atoms with Crippen LogP contribution >= 0.6 is 0 Å². The molecule has 1 aliphatic carbocycles. The third-order valence-corrected chi connectivity index (χ3v) is 4.05. The first-order valence-corrected chi connectivity index (χ1v) is 8.08. The Morgan fingerprint density at radius 3 is 2.40 bits per heavy atom. The number of benzene rings is 1. The van der Waals surface area contributed by atoms with Gasteiger partial charge in [-0.2, -0.15) is 0 Å². The van der Waals surface area contributed by atoms with Crippen molar-refractivity contribution in [1.82, 2.24) is 10.2 Å². The molecule has 0 aromatic heterocycles. The van der Waals surface area contributed by atoms with Crippen LogP contribution in [0, 0.1) is 19.8 Å². The molecule has 1 saturated carbocycles. The maximum atomic E-state index is 3.72. The van der Waals surface area contributed by atoms with Crippen LogP contribution in [0.15, 0.2) is 18.2 Å². The van der Waals surface area contributed by atoms with Gasteiger partial charge in [-0.1, -0.05) is 36.2 Å². The maximum Gasteiger partial charge on any atom is 0.0449 e. The number of aryl methyl sites for hydroxylation is 2. The molecule has 2 rings (SSSR count). The molecule has 0 bridgehead atoms. The predicted molar refractivity (Wildman–Crippen MR) is 87.2 cm³/mol. The van der Waals surface area contributed by atoms with E-state index in [0.29, 0.717) is 6.04 Å². The van der Waals surface area contributed by atoms with Gasteiger partial charge in [-0.05, 0) is 58.2 Å². The number of hydrogen-bond donors (Lipinski definition) is 1. The Balaban J connectivity index is 2.04. The van der Waals surface area contributed by atoms with E-state index in [9.17, 15) is 0 Å². The molecule has 0 radical (unpaired) electrons. The summed E-state index contributed by atoms with van der Waals surface area (Å²) in [6, 6.07) is 7.39. The first-order chi connectivity index (χ1) is 9.58. The number of nitrogens with one attached hydrogen (secondary N) is 1. The van der Waals surface area contributed by atoms with Crippen LogP contribution in [0.1, 0.15) is 48.9 Å². The van der Waals surface area contributed by atoms with Crippen molar-refractivity contribution in [2.45, 2.75) is 46.1 Å². The Morgan fingerprint density at radius 2 is 1.85 bits per heavy atom. The highest BCUT2D eigenvalue weighted by Gasteiger charge is 2.24. The molecule has 1 unspecified atom stereocenters. The molecule has 0 aliphatic heterocycles. The van der Waals surface area contributed by atoms with Crippen LogP contribution in [0.2, 0.25) is 0 Å². The molecule has 0 amide bonds. The normalized spacial score (nSPS) is 16.6. The Kier molecular flexibility index (Phi) is 5.62. The van der Waals surface area contributed by atoms with E-state index in [4.69, 9.17) is 0 Å². The first kappa shape index (κ1) is 15.5. The SMILES string of the molecule is CCCNC(CN(C)CC1CC1)c1cc(C)cc(C)c1. The Labute approximate surface area is 124 Å². The van der Waals surface area contributed by atoms with Crippen molar-refractivity contribution >= 4 is 0 Å². The van der Waals surface area contributed by atoms with Gasteiger partial charge in [0.05, 0.1) is 0 Å². The van der Waals surface area contributed by atoms with Crippen LogP contribution in [-0.2, 0) is 0 Å². The second-order valence-electron chi connectivity index (χ2n) is 6.59. The molecular weight excluding hydrogens is 244 g/mol. The zero-order valence-corrected chi connectivity index (χ0v) is 13.6. The summed E-state index contributed by atoms with van der Waals surface area (Å²) in [7, 11) is 2.27. The molecule has 0 spiro atoms. The summed E-state index contributed by atoms with van der Waals surface area (Å²) < 4.78 is 0. The lowest BCUT2D eigenvalue weighted by Crippen LogP contribution is -2.34. The van der Waals surface area contributed by atoms with Crippen molar-refractivity contribution < 1.29 is 0 Å². The quantitative estimate of drug-likeness (QED) is 0.778. The summed E-state index contributed by atoms with van der Waals surface area (Å²) in [4.78, 5) is 2.50. The van der Waals surface area contributed by atoms with Gasteiger partial charge in [0.2, 0.25) is 0 Å². The number of likely N-dealkylation sites (N-methyl/N-ethyl adjacent to an activating group) is 1. The van der Waals surface area contributed by atoms with Crippen molar-refractivity contribution in [2.24, 2.45) is 5.92 Å². The maximum absolute atomic E-state index is 3.72. The van der Waals surface area contributed by atoms with E-state index >= 15 is 0 Å². The highest BCUT2D eigenvalue weighted by molar-refractivity contribution is 5.31. The van der Waals surface area contributed by atoms with Crippen LogP contribution in [-0.4, -0.2) is 31.6 Å². The third-order valence-electron chi connectivity index (χ3n) is 4.05. The van der Waals surface area contributed by atoms with Gasteiger partial charge in [-0.15, -0.1) is 0 Å². The van der Waals surface area contributed by atoms with E-state index in [-0.39, 0.29) is 0 Å². The minimum absolute atomic E-state index is 0.456. The molecule has 0 heterocycles. The highest BCUT2D eigenvalue weighted by atomic mass is 15.1. The van der Waals surface area contributed by atoms with E-state index in [1.165, 1.54) is 42.5 Å². The van der Waals surface area contributed by atoms with Gasteiger partial charge in [0.25, 0.3) is 0 Å². The largest absolute Gasteiger partial charge is 0.309 e. The Bertz CT molecular complexity index is 403. The molecule has 0 saturated heterocycles. The zero-order valence-electron chi connectivity index (χ0n) is 13.6. The minimum atomic E-state index is 0.456. The van der Waals surface area contributed by atoms with Gasteiger partial charge in [0.15, 0.2) is 0 Å². The summed E-state index contributed by atoms with van der Waals surface area (Å²) in [6.45, 7) is 10.1. The van der Waals surface area contributed by atoms with Gasteiger partial charge in [-0.25, -0.2) is 0 Å². The lowest BCUT2D eigenvalue weighted by molar-refractivity contribution is 0.280. The number of hydrogen-bond acceptors (Lipinski definition) is 2. The second-order valence-corrected chi connectivity index (χ2v) is 6.59. The lowest BCUT2D eigenvalue weighted by atomic mass is 10.0. The molecule has 1 aromatic rings. The fourth-order valence-electron chi connectivity index (χ4n) is 2.94. The summed E-state index contributed by atoms with van der Waals surface area (Å²) in [5.74, 6) is 0.964. The van der Waals surface area contributed by atoms with Crippen molar-refractivity contribution in [3.05, 3.63) is 34.9 Å². The average molecular weight is 274 g/mol. The minimum Gasteiger partial charge on any atom is -0.309 e. The number of rotatable bonds is 8. The van der Waals surface area contributed by atoms with E-state index in [0.717, 1.165) is 19.0 Å². The van der Waals surface area contributed by atoms with Gasteiger partial charge >= 0.3 is 0 Å². The smallest absolute Gasteiger partial charge is 0.0449 e. The first-order valence-electron chi connectivity index (χ1n) is 8.08. The van der Waals surface area contributed by atoms with E-state index in [1.807, 2.05) is 0 Å². The van der Waals surface area contributed by atoms with Gasteiger partial charge < -0.3 is 10.2 Å². The highest BCUT2D eigenvalue weighted by Crippen LogP contribution is 2.30. The third kappa shape index (κ3) is 4.92. The molecule has 1 atom stereocenters. The molecule has 2 nitrogen and oxygen atoms in total. The summed E-state index contributed by atoms with van der Waals surface area (Å²) >= 11 is 0. The van der Waals surface area contributed by atoms with Crippen molar-refractivity contribution in [1.29, 1.82) is 0 Å². The van der Waals surface area contributed by atoms with E-state index < -0.39 is 0 Å². The molecule has 2 heteroatoms. The predicted octanol–water partition coefficient (Wildman–Crippen LogP) is 3.69. The molecule has 1 N–H and O–H groups in total. The topological polar surface area (TPSA) is 15.3 Å². The molecule has 112 valence electrons. The van der Waals surface area contributed by atoms with Gasteiger partial charge in [0.1, 0.15) is 0 Å². The van der Waals surface area contributed by atoms with Crippen LogP contribution < -0.4 is 5.32 Å². The fourth-order valence-corrected chi connectivity index (χ4v) is 2.94. The Hall–Kier alpha value is -0.860. The van der Waals surface area contributed by atoms with Crippen molar-refractivity contribution in [3.63, 3.8) is 0 Å². The monoisotopic (exact) mass is 274 g/mol. The summed E-state index contributed by atoms with van der Waals surface area (Å²) in [6.07, 6.45) is 4.05. The Morgan fingerprint density at radius 1 is 1.20 bits per heavy atom. The molecular formula is C18H30N2. The zero-order chi connectivity index (χ0) is 14.5. The van der Waals surface area contributed by atoms with Crippen molar-refractivity contribution in [2.75, 3.05) is 26.7 Å². The van der Waals surface area contributed by atoms with Crippen LogP contribution in [0.25, 0.3) is 0 Å². The summed E-state index contributed by atoms with van der Waals surface area (Å²) in [5.41, 5.74) is 4.18. The molecule has 1 fully saturated rings. The van der Waals surface area contributed by atoms with Crippen LogP contribution in [0.3, 0.4) is 0 Å². The molecule has 20 heavy (non-hydrogen) atoms. The molecule has 1 aliphatic rings. The van der Waals surface area contributed by atoms with Crippen LogP contribution in [0.5, 0.6) is 0 Å². The second kappa shape index (κ2) is 7.24. The van der Waals surface area contributed by atoms with E-state index in [1.54, 1.807) is 0 Å². The summed E-state index contributed by atoms with van der Waals surface area (Å²) in [5, 5.41) is 3.72. The molecule has 1 aromatic carbocycles. The average Bonchev–Trinajstić information content (AvgIpc) is 3.17.